The number of benzene rings is 2. The molecule has 0 aliphatic rings. The number of halogens is 1. The summed E-state index contributed by atoms with van der Waals surface area (Å²) in [7, 11) is 1.59. The highest BCUT2D eigenvalue weighted by atomic mass is 19.1. The number of nitrogens with zero attached hydrogens (tertiary/aromatic N) is 2. The zero-order valence-electron chi connectivity index (χ0n) is 14.5. The van der Waals surface area contributed by atoms with Crippen molar-refractivity contribution in [1.82, 2.24) is 4.90 Å². The van der Waals surface area contributed by atoms with Gasteiger partial charge in [-0.1, -0.05) is 12.1 Å². The molecule has 0 saturated heterocycles. The molecule has 136 valence electrons. The van der Waals surface area contributed by atoms with Crippen LogP contribution in [-0.2, 0) is 4.79 Å². The summed E-state index contributed by atoms with van der Waals surface area (Å²) < 4.78 is 12.9. The molecule has 2 aromatic rings. The zero-order valence-corrected chi connectivity index (χ0v) is 14.5. The lowest BCUT2D eigenvalue weighted by Gasteiger charge is -2.25. The van der Waals surface area contributed by atoms with E-state index in [1.54, 1.807) is 26.1 Å². The van der Waals surface area contributed by atoms with Crippen molar-refractivity contribution in [2.45, 2.75) is 25.8 Å². The van der Waals surface area contributed by atoms with Crippen LogP contribution in [-0.4, -0.2) is 28.6 Å². The number of hydrogen-bond acceptors (Lipinski definition) is 4. The third-order valence-corrected chi connectivity index (χ3v) is 4.27. The molecule has 7 heteroatoms. The molecule has 0 heterocycles. The van der Waals surface area contributed by atoms with E-state index in [2.05, 4.69) is 0 Å². The molecule has 0 radical (unpaired) electrons. The first-order valence-corrected chi connectivity index (χ1v) is 8.08. The highest BCUT2D eigenvalue weighted by molar-refractivity contribution is 5.97. The second kappa shape index (κ2) is 8.33. The lowest BCUT2D eigenvalue weighted by molar-refractivity contribution is -0.384. The van der Waals surface area contributed by atoms with E-state index < -0.39 is 10.7 Å². The minimum absolute atomic E-state index is 0.00593. The Hall–Kier alpha value is -3.09. The van der Waals surface area contributed by atoms with Crippen molar-refractivity contribution in [1.29, 1.82) is 0 Å². The summed E-state index contributed by atoms with van der Waals surface area (Å²) >= 11 is 0. The van der Waals surface area contributed by atoms with Crippen molar-refractivity contribution >= 4 is 17.4 Å². The first-order valence-electron chi connectivity index (χ1n) is 8.08. The minimum atomic E-state index is -0.487. The van der Waals surface area contributed by atoms with Crippen molar-refractivity contribution in [3.8, 4) is 0 Å². The van der Waals surface area contributed by atoms with Crippen molar-refractivity contribution in [2.75, 3.05) is 7.05 Å². The molecular formula is C19H19FN2O4. The molecule has 1 atom stereocenters. The largest absolute Gasteiger partial charge is 0.339 e. The Morgan fingerprint density at radius 2 is 1.81 bits per heavy atom. The molecule has 2 aromatic carbocycles. The number of ketones is 1. The van der Waals surface area contributed by atoms with Crippen molar-refractivity contribution in [2.24, 2.45) is 0 Å². The number of hydrogen-bond donors (Lipinski definition) is 0. The summed E-state index contributed by atoms with van der Waals surface area (Å²) in [5.74, 6) is -0.919. The van der Waals surface area contributed by atoms with Gasteiger partial charge in [-0.2, -0.15) is 0 Å². The zero-order chi connectivity index (χ0) is 19.3. The molecule has 0 aromatic heterocycles. The fraction of sp³-hybridized carbons (Fsp3) is 0.263. The maximum Gasteiger partial charge on any atom is 0.269 e. The predicted octanol–water partition coefficient (Wildman–Crippen LogP) is 3.92. The smallest absolute Gasteiger partial charge is 0.269 e. The van der Waals surface area contributed by atoms with Gasteiger partial charge in [0.1, 0.15) is 5.82 Å². The summed E-state index contributed by atoms with van der Waals surface area (Å²) in [6, 6.07) is 10.9. The molecule has 0 aliphatic heterocycles. The number of rotatable bonds is 7. The van der Waals surface area contributed by atoms with Crippen LogP contribution in [0.5, 0.6) is 0 Å². The normalized spacial score (nSPS) is 11.7. The molecule has 1 unspecified atom stereocenters. The average Bonchev–Trinajstić information content (AvgIpc) is 2.65. The highest BCUT2D eigenvalue weighted by Crippen LogP contribution is 2.23. The molecule has 0 spiro atoms. The molecule has 26 heavy (non-hydrogen) atoms. The van der Waals surface area contributed by atoms with Crippen LogP contribution < -0.4 is 0 Å². The third-order valence-electron chi connectivity index (χ3n) is 4.27. The Bertz CT molecular complexity index is 821. The standard InChI is InChI=1S/C19H19FN2O4/c1-13(15-4-3-5-17(12-15)22(25)26)21(2)19(24)11-10-18(23)14-6-8-16(20)9-7-14/h3-9,12-13H,10-11H2,1-2H3. The molecule has 0 saturated carbocycles. The molecule has 0 bridgehead atoms. The number of Topliss-reactive ketones (excluding diaryl/α,β-unsaturated/α-hetero) is 1. The fourth-order valence-electron chi connectivity index (χ4n) is 2.51. The Kier molecular flexibility index (Phi) is 6.16. The molecule has 0 aliphatic carbocycles. The van der Waals surface area contributed by atoms with Crippen LogP contribution >= 0.6 is 0 Å². The van der Waals surface area contributed by atoms with E-state index in [9.17, 15) is 24.1 Å². The maximum absolute atomic E-state index is 12.9. The highest BCUT2D eigenvalue weighted by Gasteiger charge is 2.20. The summed E-state index contributed by atoms with van der Waals surface area (Å²) in [6.07, 6.45) is 0.0163. The van der Waals surface area contributed by atoms with Crippen LogP contribution in [0.1, 0.15) is 41.7 Å². The van der Waals surface area contributed by atoms with Gasteiger partial charge in [-0.25, -0.2) is 4.39 Å². The van der Waals surface area contributed by atoms with Gasteiger partial charge in [0.25, 0.3) is 5.69 Å². The molecule has 6 nitrogen and oxygen atoms in total. The van der Waals surface area contributed by atoms with Gasteiger partial charge in [-0.05, 0) is 36.8 Å². The van der Waals surface area contributed by atoms with Gasteiger partial charge in [0.15, 0.2) is 5.78 Å². The second-order valence-electron chi connectivity index (χ2n) is 5.96. The van der Waals surface area contributed by atoms with Gasteiger partial charge < -0.3 is 4.90 Å². The average molecular weight is 358 g/mol. The van der Waals surface area contributed by atoms with Gasteiger partial charge in [-0.3, -0.25) is 19.7 Å². The van der Waals surface area contributed by atoms with E-state index in [1.165, 1.54) is 41.3 Å². The van der Waals surface area contributed by atoms with E-state index in [0.29, 0.717) is 11.1 Å². The Morgan fingerprint density at radius 3 is 2.42 bits per heavy atom. The molecular weight excluding hydrogens is 339 g/mol. The Morgan fingerprint density at radius 1 is 1.15 bits per heavy atom. The van der Waals surface area contributed by atoms with Crippen LogP contribution in [0.2, 0.25) is 0 Å². The van der Waals surface area contributed by atoms with E-state index in [4.69, 9.17) is 0 Å². The van der Waals surface area contributed by atoms with Crippen LogP contribution in [0, 0.1) is 15.9 Å². The van der Waals surface area contributed by atoms with Gasteiger partial charge >= 0.3 is 0 Å². The number of nitro groups is 1. The van der Waals surface area contributed by atoms with Gasteiger partial charge in [0.2, 0.25) is 5.91 Å². The summed E-state index contributed by atoms with van der Waals surface area (Å²) in [4.78, 5) is 36.3. The van der Waals surface area contributed by atoms with Crippen LogP contribution in [0.4, 0.5) is 10.1 Å². The summed E-state index contributed by atoms with van der Waals surface area (Å²) in [5.41, 5.74) is 0.954. The first-order chi connectivity index (χ1) is 12.3. The molecule has 1 amide bonds. The molecule has 0 N–H and O–H groups in total. The first kappa shape index (κ1) is 19.2. The summed E-state index contributed by atoms with van der Waals surface area (Å²) in [6.45, 7) is 1.76. The van der Waals surface area contributed by atoms with E-state index in [1.807, 2.05) is 0 Å². The quantitative estimate of drug-likeness (QED) is 0.427. The van der Waals surface area contributed by atoms with E-state index >= 15 is 0 Å². The Labute approximate surface area is 150 Å². The van der Waals surface area contributed by atoms with Crippen molar-refractivity contribution in [3.63, 3.8) is 0 Å². The number of carbonyl (C=O) groups is 2. The van der Waals surface area contributed by atoms with E-state index in [0.717, 1.165) is 0 Å². The van der Waals surface area contributed by atoms with Gasteiger partial charge in [-0.15, -0.1) is 0 Å². The van der Waals surface area contributed by atoms with Gasteiger partial charge in [0, 0.05) is 37.6 Å². The SMILES string of the molecule is CC(c1cccc([N+](=O)[O-])c1)N(C)C(=O)CCC(=O)c1ccc(F)cc1. The molecule has 0 fully saturated rings. The van der Waals surface area contributed by atoms with E-state index in [-0.39, 0.29) is 36.3 Å². The predicted molar refractivity (Wildman–Crippen MR) is 94.2 cm³/mol. The lowest BCUT2D eigenvalue weighted by Crippen LogP contribution is -2.29. The topological polar surface area (TPSA) is 80.5 Å². The maximum atomic E-state index is 12.9. The van der Waals surface area contributed by atoms with Gasteiger partial charge in [0.05, 0.1) is 11.0 Å². The Balaban J connectivity index is 1.98. The van der Waals surface area contributed by atoms with Crippen molar-refractivity contribution < 1.29 is 18.9 Å². The number of non-ortho nitro benzene ring substituents is 1. The minimum Gasteiger partial charge on any atom is -0.339 e. The van der Waals surface area contributed by atoms with Crippen molar-refractivity contribution in [3.05, 3.63) is 75.6 Å². The van der Waals surface area contributed by atoms with Crippen LogP contribution in [0.3, 0.4) is 0 Å². The lowest BCUT2D eigenvalue weighted by atomic mass is 10.0. The fourth-order valence-corrected chi connectivity index (χ4v) is 2.51. The third kappa shape index (κ3) is 4.72. The second-order valence-corrected chi connectivity index (χ2v) is 5.96. The number of amides is 1. The molecule has 2 rings (SSSR count). The number of nitro benzene ring substituents is 1. The number of carbonyl (C=O) groups excluding carboxylic acids is 2. The van der Waals surface area contributed by atoms with Crippen LogP contribution in [0.25, 0.3) is 0 Å². The monoisotopic (exact) mass is 358 g/mol. The van der Waals surface area contributed by atoms with Crippen LogP contribution in [0.15, 0.2) is 48.5 Å². The summed E-state index contributed by atoms with van der Waals surface area (Å²) in [5, 5.41) is 10.9.